The van der Waals surface area contributed by atoms with Crippen LogP contribution in [-0.2, 0) is 19.1 Å². The highest BCUT2D eigenvalue weighted by Gasteiger charge is 2.10. The van der Waals surface area contributed by atoms with Crippen molar-refractivity contribution in [1.82, 2.24) is 0 Å². The average Bonchev–Trinajstić information content (AvgIpc) is 2.18. The van der Waals surface area contributed by atoms with Crippen LogP contribution in [0.4, 0.5) is 0 Å². The lowest BCUT2D eigenvalue weighted by atomic mass is 10.0. The van der Waals surface area contributed by atoms with Crippen molar-refractivity contribution in [1.29, 1.82) is 0 Å². The maximum atomic E-state index is 11.1. The molecule has 0 bridgehead atoms. The van der Waals surface area contributed by atoms with Crippen molar-refractivity contribution in [2.24, 2.45) is 5.92 Å². The summed E-state index contributed by atoms with van der Waals surface area (Å²) in [4.78, 5) is 22.0. The van der Waals surface area contributed by atoms with E-state index in [2.05, 4.69) is 22.6 Å². The third-order valence-corrected chi connectivity index (χ3v) is 2.02. The first-order valence-corrected chi connectivity index (χ1v) is 5.21. The molecule has 4 nitrogen and oxygen atoms in total. The van der Waals surface area contributed by atoms with Gasteiger partial charge in [0.2, 0.25) is 0 Å². The minimum Gasteiger partial charge on any atom is -0.435 e. The Morgan fingerprint density at radius 1 is 1.19 bits per heavy atom. The van der Waals surface area contributed by atoms with Gasteiger partial charge in [-0.1, -0.05) is 20.1 Å². The Labute approximate surface area is 95.9 Å². The van der Waals surface area contributed by atoms with Crippen LogP contribution < -0.4 is 0 Å². The first-order valence-electron chi connectivity index (χ1n) is 5.21. The zero-order valence-corrected chi connectivity index (χ0v) is 9.61. The molecule has 0 aromatic rings. The highest BCUT2D eigenvalue weighted by Crippen LogP contribution is 2.13. The summed E-state index contributed by atoms with van der Waals surface area (Å²) >= 11 is 0. The molecule has 16 heavy (non-hydrogen) atoms. The van der Waals surface area contributed by atoms with Gasteiger partial charge >= 0.3 is 11.9 Å². The normalized spacial score (nSPS) is 11.3. The van der Waals surface area contributed by atoms with Crippen molar-refractivity contribution in [3.8, 4) is 0 Å². The lowest BCUT2D eigenvalue weighted by Crippen LogP contribution is -2.07. The number of hydrogen-bond acceptors (Lipinski definition) is 4. The Balaban J connectivity index is 3.60. The SMILES string of the molecule is C=COC(=O)CCCC(C)CC(=O)OC=C. The highest BCUT2D eigenvalue weighted by molar-refractivity contribution is 5.70. The second-order valence-corrected chi connectivity index (χ2v) is 3.51. The van der Waals surface area contributed by atoms with Crippen LogP contribution in [0.1, 0.15) is 32.6 Å². The van der Waals surface area contributed by atoms with E-state index < -0.39 is 0 Å². The van der Waals surface area contributed by atoms with Crippen LogP contribution in [0.25, 0.3) is 0 Å². The van der Waals surface area contributed by atoms with E-state index in [4.69, 9.17) is 0 Å². The van der Waals surface area contributed by atoms with Crippen LogP contribution in [0.5, 0.6) is 0 Å². The molecule has 0 amide bonds. The van der Waals surface area contributed by atoms with Crippen molar-refractivity contribution in [3.63, 3.8) is 0 Å². The Bertz CT molecular complexity index is 258. The molecule has 0 fully saturated rings. The van der Waals surface area contributed by atoms with Gasteiger partial charge in [0.1, 0.15) is 0 Å². The van der Waals surface area contributed by atoms with Gasteiger partial charge in [0.15, 0.2) is 0 Å². The fourth-order valence-corrected chi connectivity index (χ4v) is 1.27. The largest absolute Gasteiger partial charge is 0.435 e. The van der Waals surface area contributed by atoms with Gasteiger partial charge in [0, 0.05) is 12.8 Å². The molecule has 0 rings (SSSR count). The quantitative estimate of drug-likeness (QED) is 0.471. The molecule has 0 aliphatic heterocycles. The zero-order valence-electron chi connectivity index (χ0n) is 9.61. The number of hydrogen-bond donors (Lipinski definition) is 0. The van der Waals surface area contributed by atoms with Gasteiger partial charge in [-0.2, -0.15) is 0 Å². The standard InChI is InChI=1S/C12H18O4/c1-4-15-11(13)8-6-7-10(3)9-12(14)16-5-2/h4-5,10H,1-2,6-9H2,3H3. The second kappa shape index (κ2) is 8.71. The monoisotopic (exact) mass is 226 g/mol. The van der Waals surface area contributed by atoms with E-state index in [1.165, 1.54) is 0 Å². The molecule has 0 aliphatic carbocycles. The maximum absolute atomic E-state index is 11.1. The van der Waals surface area contributed by atoms with Crippen LogP contribution >= 0.6 is 0 Å². The summed E-state index contributed by atoms with van der Waals surface area (Å²) in [6, 6.07) is 0. The van der Waals surface area contributed by atoms with Crippen molar-refractivity contribution >= 4 is 11.9 Å². The number of carbonyl (C=O) groups is 2. The Kier molecular flexibility index (Phi) is 7.85. The average molecular weight is 226 g/mol. The molecule has 0 saturated heterocycles. The van der Waals surface area contributed by atoms with Crippen LogP contribution in [-0.4, -0.2) is 11.9 Å². The molecule has 4 heteroatoms. The summed E-state index contributed by atoms with van der Waals surface area (Å²) in [5, 5.41) is 0. The minimum atomic E-state index is -0.295. The first-order chi connectivity index (χ1) is 7.60. The lowest BCUT2D eigenvalue weighted by molar-refractivity contribution is -0.139. The predicted octanol–water partition coefficient (Wildman–Crippen LogP) is 2.56. The van der Waals surface area contributed by atoms with Crippen molar-refractivity contribution in [2.45, 2.75) is 32.6 Å². The van der Waals surface area contributed by atoms with E-state index in [1.54, 1.807) is 0 Å². The summed E-state index contributed by atoms with van der Waals surface area (Å²) in [5.74, 6) is -0.406. The molecule has 0 aromatic carbocycles. The van der Waals surface area contributed by atoms with Crippen LogP contribution in [0.2, 0.25) is 0 Å². The summed E-state index contributed by atoms with van der Waals surface area (Å²) in [5.41, 5.74) is 0. The maximum Gasteiger partial charge on any atom is 0.310 e. The Hall–Kier alpha value is -1.58. The third-order valence-electron chi connectivity index (χ3n) is 2.02. The molecular formula is C12H18O4. The molecule has 0 N–H and O–H groups in total. The van der Waals surface area contributed by atoms with Crippen molar-refractivity contribution in [2.75, 3.05) is 0 Å². The van der Waals surface area contributed by atoms with E-state index in [9.17, 15) is 9.59 Å². The molecule has 0 aromatic heterocycles. The van der Waals surface area contributed by atoms with Gasteiger partial charge < -0.3 is 9.47 Å². The van der Waals surface area contributed by atoms with Gasteiger partial charge in [-0.3, -0.25) is 9.59 Å². The molecule has 0 spiro atoms. The van der Waals surface area contributed by atoms with Gasteiger partial charge in [0.25, 0.3) is 0 Å². The smallest absolute Gasteiger partial charge is 0.310 e. The van der Waals surface area contributed by atoms with Crippen LogP contribution in [0.3, 0.4) is 0 Å². The molecule has 0 heterocycles. The summed E-state index contributed by atoms with van der Waals surface area (Å²) in [6.45, 7) is 8.52. The predicted molar refractivity (Wildman–Crippen MR) is 60.2 cm³/mol. The molecule has 0 saturated carbocycles. The van der Waals surface area contributed by atoms with Gasteiger partial charge in [-0.05, 0) is 18.8 Å². The number of carbonyl (C=O) groups excluding carboxylic acids is 2. The number of rotatable bonds is 8. The fraction of sp³-hybridized carbons (Fsp3) is 0.500. The van der Waals surface area contributed by atoms with Gasteiger partial charge in [-0.25, -0.2) is 0 Å². The zero-order chi connectivity index (χ0) is 12.4. The molecular weight excluding hydrogens is 208 g/mol. The highest BCUT2D eigenvalue weighted by atomic mass is 16.5. The molecule has 1 unspecified atom stereocenters. The van der Waals surface area contributed by atoms with E-state index in [0.717, 1.165) is 18.9 Å². The lowest BCUT2D eigenvalue weighted by Gasteiger charge is -2.08. The van der Waals surface area contributed by atoms with Crippen LogP contribution in [0, 0.1) is 5.92 Å². The molecule has 1 atom stereocenters. The van der Waals surface area contributed by atoms with Gasteiger partial charge in [-0.15, -0.1) is 0 Å². The number of esters is 2. The molecule has 90 valence electrons. The van der Waals surface area contributed by atoms with E-state index in [0.29, 0.717) is 19.3 Å². The summed E-state index contributed by atoms with van der Waals surface area (Å²) in [6.07, 6.45) is 4.38. The van der Waals surface area contributed by atoms with E-state index >= 15 is 0 Å². The van der Waals surface area contributed by atoms with E-state index in [-0.39, 0.29) is 17.9 Å². The first kappa shape index (κ1) is 14.4. The Morgan fingerprint density at radius 2 is 1.75 bits per heavy atom. The topological polar surface area (TPSA) is 52.6 Å². The summed E-state index contributed by atoms with van der Waals surface area (Å²) in [7, 11) is 0. The minimum absolute atomic E-state index is 0.184. The summed E-state index contributed by atoms with van der Waals surface area (Å²) < 4.78 is 9.16. The Morgan fingerprint density at radius 3 is 2.31 bits per heavy atom. The fourth-order valence-electron chi connectivity index (χ4n) is 1.27. The third kappa shape index (κ3) is 7.79. The van der Waals surface area contributed by atoms with Gasteiger partial charge in [0.05, 0.1) is 12.5 Å². The van der Waals surface area contributed by atoms with E-state index in [1.807, 2.05) is 6.92 Å². The van der Waals surface area contributed by atoms with Crippen molar-refractivity contribution < 1.29 is 19.1 Å². The molecule has 0 aliphatic rings. The van der Waals surface area contributed by atoms with Crippen LogP contribution in [0.15, 0.2) is 25.7 Å². The second-order valence-electron chi connectivity index (χ2n) is 3.51. The van der Waals surface area contributed by atoms with Crippen molar-refractivity contribution in [3.05, 3.63) is 25.7 Å². The number of ether oxygens (including phenoxy) is 2. The molecule has 0 radical (unpaired) electrons.